The smallest absolute Gasteiger partial charge is 0.158 e. The van der Waals surface area contributed by atoms with E-state index in [4.69, 9.17) is 17.3 Å². The minimum Gasteiger partial charge on any atom is -0.504 e. The van der Waals surface area contributed by atoms with Crippen LogP contribution in [0.25, 0.3) is 0 Å². The van der Waals surface area contributed by atoms with E-state index >= 15 is 0 Å². The highest BCUT2D eigenvalue weighted by Gasteiger charge is 2.23. The molecule has 1 aromatic rings. The van der Waals surface area contributed by atoms with Crippen molar-refractivity contribution in [3.05, 3.63) is 22.7 Å². The van der Waals surface area contributed by atoms with Gasteiger partial charge in [-0.15, -0.1) is 0 Å². The van der Waals surface area contributed by atoms with Crippen molar-refractivity contribution in [2.24, 2.45) is 5.73 Å². The summed E-state index contributed by atoms with van der Waals surface area (Å²) in [5, 5.41) is 18.9. The second-order valence-electron chi connectivity index (χ2n) is 3.91. The Balaban J connectivity index is 3.29. The highest BCUT2D eigenvalue weighted by molar-refractivity contribution is 6.31. The molecule has 0 aliphatic rings. The molecule has 78 valence electrons. The SMILES string of the molecule is CC(C)(CN)c1cc(O)c(O)cc1Cl. The quantitative estimate of drug-likeness (QED) is 0.661. The molecular weight excluding hydrogens is 202 g/mol. The molecule has 0 amide bonds. The molecule has 0 unspecified atom stereocenters. The van der Waals surface area contributed by atoms with Crippen molar-refractivity contribution in [2.75, 3.05) is 6.54 Å². The van der Waals surface area contributed by atoms with Crippen LogP contribution in [0.3, 0.4) is 0 Å². The second-order valence-corrected chi connectivity index (χ2v) is 4.32. The van der Waals surface area contributed by atoms with Gasteiger partial charge in [-0.25, -0.2) is 0 Å². The lowest BCUT2D eigenvalue weighted by atomic mass is 9.84. The van der Waals surface area contributed by atoms with E-state index < -0.39 is 0 Å². The third kappa shape index (κ3) is 1.94. The van der Waals surface area contributed by atoms with Crippen molar-refractivity contribution in [1.82, 2.24) is 0 Å². The van der Waals surface area contributed by atoms with Gasteiger partial charge in [0.15, 0.2) is 11.5 Å². The summed E-state index contributed by atoms with van der Waals surface area (Å²) in [6, 6.07) is 2.77. The van der Waals surface area contributed by atoms with Crippen molar-refractivity contribution in [1.29, 1.82) is 0 Å². The number of benzene rings is 1. The van der Waals surface area contributed by atoms with Crippen molar-refractivity contribution >= 4 is 11.6 Å². The molecule has 0 saturated heterocycles. The van der Waals surface area contributed by atoms with E-state index in [1.165, 1.54) is 12.1 Å². The van der Waals surface area contributed by atoms with Crippen LogP contribution in [0.5, 0.6) is 11.5 Å². The molecule has 0 aliphatic heterocycles. The van der Waals surface area contributed by atoms with Gasteiger partial charge in [-0.1, -0.05) is 25.4 Å². The number of phenolic OH excluding ortho intramolecular Hbond substituents is 2. The molecule has 0 fully saturated rings. The first kappa shape index (κ1) is 11.1. The van der Waals surface area contributed by atoms with E-state index in [0.29, 0.717) is 11.6 Å². The zero-order valence-corrected chi connectivity index (χ0v) is 8.97. The number of halogens is 1. The first-order valence-corrected chi connectivity index (χ1v) is 4.68. The number of rotatable bonds is 2. The fraction of sp³-hybridized carbons (Fsp3) is 0.400. The van der Waals surface area contributed by atoms with Crippen LogP contribution in [0, 0.1) is 0 Å². The van der Waals surface area contributed by atoms with Gasteiger partial charge >= 0.3 is 0 Å². The Kier molecular flexibility index (Phi) is 2.92. The fourth-order valence-corrected chi connectivity index (χ4v) is 1.59. The molecular formula is C10H14ClNO2. The summed E-state index contributed by atoms with van der Waals surface area (Å²) in [6.07, 6.45) is 0. The number of hydrogen-bond donors (Lipinski definition) is 3. The van der Waals surface area contributed by atoms with Crippen molar-refractivity contribution in [3.63, 3.8) is 0 Å². The molecule has 0 heterocycles. The summed E-state index contributed by atoms with van der Waals surface area (Å²) in [4.78, 5) is 0. The van der Waals surface area contributed by atoms with E-state index in [1.54, 1.807) is 0 Å². The first-order valence-electron chi connectivity index (χ1n) is 4.30. The first-order chi connectivity index (χ1) is 6.38. The van der Waals surface area contributed by atoms with Crippen molar-refractivity contribution in [3.8, 4) is 11.5 Å². The van der Waals surface area contributed by atoms with Gasteiger partial charge in [0.05, 0.1) is 0 Å². The van der Waals surface area contributed by atoms with Crippen LogP contribution in [-0.2, 0) is 5.41 Å². The monoisotopic (exact) mass is 215 g/mol. The maximum absolute atomic E-state index is 9.33. The van der Waals surface area contributed by atoms with Crippen molar-refractivity contribution in [2.45, 2.75) is 19.3 Å². The normalized spacial score (nSPS) is 11.7. The summed E-state index contributed by atoms with van der Waals surface area (Å²) in [5.74, 6) is -0.391. The van der Waals surface area contributed by atoms with Crippen LogP contribution in [0.1, 0.15) is 19.4 Å². The zero-order valence-electron chi connectivity index (χ0n) is 8.21. The summed E-state index contributed by atoms with van der Waals surface area (Å²) in [5.41, 5.74) is 6.01. The minimum atomic E-state index is -0.317. The number of hydrogen-bond acceptors (Lipinski definition) is 3. The van der Waals surface area contributed by atoms with E-state index in [-0.39, 0.29) is 16.9 Å². The van der Waals surface area contributed by atoms with E-state index in [1.807, 2.05) is 13.8 Å². The highest BCUT2D eigenvalue weighted by atomic mass is 35.5. The molecule has 0 bridgehead atoms. The lowest BCUT2D eigenvalue weighted by Gasteiger charge is -2.24. The molecule has 14 heavy (non-hydrogen) atoms. The molecule has 0 atom stereocenters. The Morgan fingerprint density at radius 2 is 1.79 bits per heavy atom. The molecule has 0 saturated carbocycles. The summed E-state index contributed by atoms with van der Waals surface area (Å²) >= 11 is 5.94. The average molecular weight is 216 g/mol. The predicted octanol–water partition coefficient (Wildman–Crippen LogP) is 1.99. The lowest BCUT2D eigenvalue weighted by molar-refractivity contribution is 0.401. The maximum atomic E-state index is 9.33. The Labute approximate surface area is 88.1 Å². The molecule has 4 heteroatoms. The number of aromatic hydroxyl groups is 2. The second kappa shape index (κ2) is 3.67. The molecule has 0 aromatic heterocycles. The summed E-state index contributed by atoms with van der Waals surface area (Å²) < 4.78 is 0. The highest BCUT2D eigenvalue weighted by Crippen LogP contribution is 2.37. The predicted molar refractivity (Wildman–Crippen MR) is 56.9 cm³/mol. The van der Waals surface area contributed by atoms with E-state index in [2.05, 4.69) is 0 Å². The Bertz CT molecular complexity index is 350. The van der Waals surface area contributed by atoms with Gasteiger partial charge in [0.2, 0.25) is 0 Å². The van der Waals surface area contributed by atoms with Crippen LogP contribution in [0.4, 0.5) is 0 Å². The van der Waals surface area contributed by atoms with E-state index in [0.717, 1.165) is 5.56 Å². The van der Waals surface area contributed by atoms with Gasteiger partial charge < -0.3 is 15.9 Å². The number of nitrogens with two attached hydrogens (primary N) is 1. The topological polar surface area (TPSA) is 66.5 Å². The van der Waals surface area contributed by atoms with Gasteiger partial charge in [-0.05, 0) is 11.6 Å². The fourth-order valence-electron chi connectivity index (χ4n) is 1.18. The molecule has 1 rings (SSSR count). The Hall–Kier alpha value is -0.930. The standard InChI is InChI=1S/C10H14ClNO2/c1-10(2,5-12)6-3-8(13)9(14)4-7(6)11/h3-4,13-14H,5,12H2,1-2H3. The van der Waals surface area contributed by atoms with Gasteiger partial charge in [0.25, 0.3) is 0 Å². The maximum Gasteiger partial charge on any atom is 0.158 e. The van der Waals surface area contributed by atoms with Gasteiger partial charge in [0.1, 0.15) is 0 Å². The minimum absolute atomic E-state index is 0.175. The van der Waals surface area contributed by atoms with Crippen LogP contribution < -0.4 is 5.73 Å². The third-order valence-corrected chi connectivity index (χ3v) is 2.62. The largest absolute Gasteiger partial charge is 0.504 e. The third-order valence-electron chi connectivity index (χ3n) is 2.30. The summed E-state index contributed by atoms with van der Waals surface area (Å²) in [7, 11) is 0. The Morgan fingerprint density at radius 1 is 1.29 bits per heavy atom. The zero-order chi connectivity index (χ0) is 10.9. The molecule has 4 N–H and O–H groups in total. The van der Waals surface area contributed by atoms with Crippen LogP contribution in [0.15, 0.2) is 12.1 Å². The Morgan fingerprint density at radius 3 is 2.29 bits per heavy atom. The van der Waals surface area contributed by atoms with Crippen LogP contribution in [-0.4, -0.2) is 16.8 Å². The van der Waals surface area contributed by atoms with Crippen LogP contribution >= 0.6 is 11.6 Å². The average Bonchev–Trinajstić information content (AvgIpc) is 2.11. The van der Waals surface area contributed by atoms with Gasteiger partial charge in [0, 0.05) is 23.0 Å². The number of phenols is 2. The molecule has 0 aliphatic carbocycles. The molecule has 3 nitrogen and oxygen atoms in total. The van der Waals surface area contributed by atoms with Crippen molar-refractivity contribution < 1.29 is 10.2 Å². The van der Waals surface area contributed by atoms with Gasteiger partial charge in [-0.2, -0.15) is 0 Å². The van der Waals surface area contributed by atoms with Gasteiger partial charge in [-0.3, -0.25) is 0 Å². The molecule has 0 spiro atoms. The lowest BCUT2D eigenvalue weighted by Crippen LogP contribution is -2.28. The molecule has 0 radical (unpaired) electrons. The molecule has 1 aromatic carbocycles. The van der Waals surface area contributed by atoms with Crippen LogP contribution in [0.2, 0.25) is 5.02 Å². The summed E-state index contributed by atoms with van der Waals surface area (Å²) in [6.45, 7) is 4.26. The van der Waals surface area contributed by atoms with E-state index in [9.17, 15) is 10.2 Å².